The Morgan fingerprint density at radius 2 is 2.05 bits per heavy atom. The molecule has 0 bridgehead atoms. The van der Waals surface area contributed by atoms with Crippen LogP contribution in [0.3, 0.4) is 0 Å². The molecule has 2 unspecified atom stereocenters. The van der Waals surface area contributed by atoms with Gasteiger partial charge in [0.15, 0.2) is 0 Å². The molecular formula is C14H24N2O3S. The normalized spacial score (nSPS) is 25.4. The maximum absolute atomic E-state index is 12.2. The van der Waals surface area contributed by atoms with E-state index in [4.69, 9.17) is 5.11 Å². The lowest BCUT2D eigenvalue weighted by atomic mass is 10.2. The van der Waals surface area contributed by atoms with E-state index in [2.05, 4.69) is 12.2 Å². The number of carbonyl (C=O) groups is 2. The number of hydrogen-bond acceptors (Lipinski definition) is 3. The third-order valence-corrected chi connectivity index (χ3v) is 5.14. The van der Waals surface area contributed by atoms with Crippen LogP contribution in [0.2, 0.25) is 0 Å². The van der Waals surface area contributed by atoms with E-state index in [1.54, 1.807) is 0 Å². The van der Waals surface area contributed by atoms with Crippen LogP contribution in [0.25, 0.3) is 0 Å². The van der Waals surface area contributed by atoms with Crippen LogP contribution in [0.5, 0.6) is 0 Å². The van der Waals surface area contributed by atoms with Gasteiger partial charge in [-0.3, -0.25) is 4.79 Å². The van der Waals surface area contributed by atoms with Crippen molar-refractivity contribution in [3.8, 4) is 0 Å². The van der Waals surface area contributed by atoms with Gasteiger partial charge in [-0.1, -0.05) is 6.92 Å². The summed E-state index contributed by atoms with van der Waals surface area (Å²) in [7, 11) is 0. The van der Waals surface area contributed by atoms with Gasteiger partial charge in [-0.25, -0.2) is 4.79 Å². The van der Waals surface area contributed by atoms with Gasteiger partial charge >= 0.3 is 12.0 Å². The number of carboxylic acids is 1. The number of urea groups is 1. The van der Waals surface area contributed by atoms with Crippen molar-refractivity contribution in [3.63, 3.8) is 0 Å². The smallest absolute Gasteiger partial charge is 0.323 e. The Hall–Kier alpha value is -0.910. The van der Waals surface area contributed by atoms with Crippen molar-refractivity contribution in [1.29, 1.82) is 0 Å². The highest BCUT2D eigenvalue weighted by molar-refractivity contribution is 7.99. The quantitative estimate of drug-likeness (QED) is 0.756. The molecule has 0 aromatic heterocycles. The predicted octanol–water partition coefficient (Wildman–Crippen LogP) is 2.17. The SMILES string of the molecule is CCSC1CCC(NC(=O)N(CC(=O)O)CC2CC2)C1. The van der Waals surface area contributed by atoms with E-state index in [0.717, 1.165) is 37.9 Å². The first-order valence-corrected chi connectivity index (χ1v) is 8.52. The zero-order chi connectivity index (χ0) is 14.5. The first-order chi connectivity index (χ1) is 9.58. The van der Waals surface area contributed by atoms with Gasteiger partial charge in [-0.15, -0.1) is 0 Å². The fourth-order valence-electron chi connectivity index (χ4n) is 2.72. The number of nitrogens with one attached hydrogen (secondary N) is 1. The van der Waals surface area contributed by atoms with Gasteiger partial charge in [0.25, 0.3) is 0 Å². The fourth-order valence-corrected chi connectivity index (χ4v) is 3.86. The Bertz CT molecular complexity index is 360. The molecular weight excluding hydrogens is 276 g/mol. The van der Waals surface area contributed by atoms with Gasteiger partial charge in [0.1, 0.15) is 6.54 Å². The van der Waals surface area contributed by atoms with Crippen LogP contribution < -0.4 is 5.32 Å². The zero-order valence-electron chi connectivity index (χ0n) is 12.0. The van der Waals surface area contributed by atoms with Crippen LogP contribution in [-0.2, 0) is 4.79 Å². The number of nitrogens with zero attached hydrogens (tertiary/aromatic N) is 1. The second-order valence-corrected chi connectivity index (χ2v) is 7.33. The number of thioether (sulfide) groups is 1. The summed E-state index contributed by atoms with van der Waals surface area (Å²) in [6.45, 7) is 2.54. The zero-order valence-corrected chi connectivity index (χ0v) is 12.8. The summed E-state index contributed by atoms with van der Waals surface area (Å²) in [5.74, 6) is 0.678. The summed E-state index contributed by atoms with van der Waals surface area (Å²) in [5, 5.41) is 12.6. The fraction of sp³-hybridized carbons (Fsp3) is 0.857. The lowest BCUT2D eigenvalue weighted by Crippen LogP contribution is -2.47. The molecule has 2 N–H and O–H groups in total. The summed E-state index contributed by atoms with van der Waals surface area (Å²) < 4.78 is 0. The van der Waals surface area contributed by atoms with E-state index in [-0.39, 0.29) is 18.6 Å². The number of carboxylic acid groups (broad SMARTS) is 1. The second kappa shape index (κ2) is 7.20. The van der Waals surface area contributed by atoms with Crippen LogP contribution in [0.4, 0.5) is 4.79 Å². The van der Waals surface area contributed by atoms with Crippen molar-refractivity contribution in [2.45, 2.75) is 50.3 Å². The molecule has 114 valence electrons. The van der Waals surface area contributed by atoms with E-state index >= 15 is 0 Å². The monoisotopic (exact) mass is 300 g/mol. The van der Waals surface area contributed by atoms with Crippen molar-refractivity contribution < 1.29 is 14.7 Å². The number of aliphatic carboxylic acids is 1. The van der Waals surface area contributed by atoms with Crippen molar-refractivity contribution >= 4 is 23.8 Å². The molecule has 2 aliphatic carbocycles. The molecule has 2 fully saturated rings. The van der Waals surface area contributed by atoms with Gasteiger partial charge in [0, 0.05) is 17.8 Å². The first kappa shape index (κ1) is 15.5. The third kappa shape index (κ3) is 4.89. The Balaban J connectivity index is 1.79. The highest BCUT2D eigenvalue weighted by Gasteiger charge is 2.31. The molecule has 2 amide bonds. The first-order valence-electron chi connectivity index (χ1n) is 7.47. The average Bonchev–Trinajstić information content (AvgIpc) is 3.09. The van der Waals surface area contributed by atoms with E-state index in [1.807, 2.05) is 11.8 Å². The van der Waals surface area contributed by atoms with Gasteiger partial charge in [0.05, 0.1) is 0 Å². The molecule has 0 aliphatic heterocycles. The predicted molar refractivity (Wildman–Crippen MR) is 80.0 cm³/mol. The Labute approximate surface area is 124 Å². The Morgan fingerprint density at radius 3 is 2.65 bits per heavy atom. The standard InChI is InChI=1S/C14H24N2O3S/c1-2-20-12-6-5-11(7-12)15-14(19)16(9-13(17)18)8-10-3-4-10/h10-12H,2-9H2,1H3,(H,15,19)(H,17,18). The summed E-state index contributed by atoms with van der Waals surface area (Å²) in [5.41, 5.74) is 0. The third-order valence-electron chi connectivity index (χ3n) is 3.90. The van der Waals surface area contributed by atoms with E-state index in [0.29, 0.717) is 17.7 Å². The molecule has 5 nitrogen and oxygen atoms in total. The lowest BCUT2D eigenvalue weighted by molar-refractivity contribution is -0.137. The lowest BCUT2D eigenvalue weighted by Gasteiger charge is -2.23. The van der Waals surface area contributed by atoms with Crippen LogP contribution >= 0.6 is 11.8 Å². The van der Waals surface area contributed by atoms with Gasteiger partial charge in [-0.2, -0.15) is 11.8 Å². The number of carbonyl (C=O) groups excluding carboxylic acids is 1. The van der Waals surface area contributed by atoms with E-state index < -0.39 is 5.97 Å². The van der Waals surface area contributed by atoms with Crippen LogP contribution in [-0.4, -0.2) is 52.1 Å². The van der Waals surface area contributed by atoms with Crippen LogP contribution in [0.15, 0.2) is 0 Å². The molecule has 2 atom stereocenters. The van der Waals surface area contributed by atoms with Crippen LogP contribution in [0.1, 0.15) is 39.0 Å². The van der Waals surface area contributed by atoms with Crippen molar-refractivity contribution in [2.24, 2.45) is 5.92 Å². The largest absolute Gasteiger partial charge is 0.480 e. The molecule has 0 saturated heterocycles. The molecule has 6 heteroatoms. The van der Waals surface area contributed by atoms with Crippen LogP contribution in [0, 0.1) is 5.92 Å². The summed E-state index contributed by atoms with van der Waals surface area (Å²) in [6.07, 6.45) is 5.39. The minimum atomic E-state index is -0.938. The highest BCUT2D eigenvalue weighted by atomic mass is 32.2. The molecule has 0 heterocycles. The topological polar surface area (TPSA) is 69.6 Å². The number of amides is 2. The maximum Gasteiger partial charge on any atom is 0.323 e. The molecule has 2 aliphatic rings. The summed E-state index contributed by atoms with van der Waals surface area (Å²) >= 11 is 1.95. The van der Waals surface area contributed by atoms with Crippen molar-refractivity contribution in [2.75, 3.05) is 18.8 Å². The molecule has 2 rings (SSSR count). The molecule has 0 spiro atoms. The van der Waals surface area contributed by atoms with E-state index in [9.17, 15) is 9.59 Å². The molecule has 0 aromatic carbocycles. The molecule has 2 saturated carbocycles. The van der Waals surface area contributed by atoms with Crippen molar-refractivity contribution in [3.05, 3.63) is 0 Å². The minimum absolute atomic E-state index is 0.192. The second-order valence-electron chi connectivity index (χ2n) is 5.75. The number of rotatable bonds is 7. The molecule has 0 radical (unpaired) electrons. The Morgan fingerprint density at radius 1 is 1.30 bits per heavy atom. The highest BCUT2D eigenvalue weighted by Crippen LogP contribution is 2.31. The van der Waals surface area contributed by atoms with Gasteiger partial charge in [0.2, 0.25) is 0 Å². The number of hydrogen-bond donors (Lipinski definition) is 2. The molecule has 0 aromatic rings. The minimum Gasteiger partial charge on any atom is -0.480 e. The summed E-state index contributed by atoms with van der Waals surface area (Å²) in [4.78, 5) is 24.5. The maximum atomic E-state index is 12.2. The van der Waals surface area contributed by atoms with Gasteiger partial charge in [-0.05, 0) is 43.8 Å². The molecule has 20 heavy (non-hydrogen) atoms. The summed E-state index contributed by atoms with van der Waals surface area (Å²) in [6, 6.07) is 0.00787. The average molecular weight is 300 g/mol. The van der Waals surface area contributed by atoms with Crippen molar-refractivity contribution in [1.82, 2.24) is 10.2 Å². The van der Waals surface area contributed by atoms with E-state index in [1.165, 1.54) is 4.90 Å². The van der Waals surface area contributed by atoms with Gasteiger partial charge < -0.3 is 15.3 Å². The Kier molecular flexibility index (Phi) is 5.57.